The Kier molecular flexibility index (Phi) is 14.6. The Labute approximate surface area is 263 Å². The van der Waals surface area contributed by atoms with Crippen LogP contribution in [0.5, 0.6) is 5.75 Å². The minimum Gasteiger partial charge on any atom is -0.497 e. The Morgan fingerprint density at radius 2 is 1.48 bits per heavy atom. The highest BCUT2D eigenvalue weighted by Gasteiger charge is 2.50. The molecule has 44 heavy (non-hydrogen) atoms. The van der Waals surface area contributed by atoms with E-state index < -0.39 is 47.8 Å². The second kappa shape index (κ2) is 17.3. The molecule has 2 rings (SSSR count). The van der Waals surface area contributed by atoms with Crippen molar-refractivity contribution in [2.75, 3.05) is 39.8 Å². The molecule has 1 aliphatic rings. The SMILES string of the molecule is CCCCN(CCCC)CCNC(=O)O[C@@H]1[C@@H](OC(=O)OC(C)(C)C)CN(C(=O)OC(C)(C)C)[C@@H]1Cc1ccc(OC)cc1. The zero-order chi connectivity index (χ0) is 32.9. The molecule has 1 N–H and O–H groups in total. The molecule has 2 amide bonds. The fourth-order valence-corrected chi connectivity index (χ4v) is 4.85. The van der Waals surface area contributed by atoms with Gasteiger partial charge in [0.25, 0.3) is 0 Å². The number of unbranched alkanes of at least 4 members (excludes halogenated alkanes) is 2. The van der Waals surface area contributed by atoms with E-state index in [1.807, 2.05) is 24.3 Å². The van der Waals surface area contributed by atoms with Gasteiger partial charge in [0.05, 0.1) is 19.7 Å². The number of hydrogen-bond acceptors (Lipinski definition) is 9. The van der Waals surface area contributed by atoms with E-state index in [1.165, 1.54) is 4.90 Å². The average molecular weight is 622 g/mol. The lowest BCUT2D eigenvalue weighted by molar-refractivity contribution is -0.0518. The molecule has 0 saturated carbocycles. The summed E-state index contributed by atoms with van der Waals surface area (Å²) >= 11 is 0. The number of methoxy groups -OCH3 is 1. The topological polar surface area (TPSA) is 116 Å². The van der Waals surface area contributed by atoms with Crippen molar-refractivity contribution >= 4 is 18.3 Å². The van der Waals surface area contributed by atoms with Gasteiger partial charge in [0.15, 0.2) is 12.2 Å². The Morgan fingerprint density at radius 1 is 0.886 bits per heavy atom. The van der Waals surface area contributed by atoms with Crippen molar-refractivity contribution in [3.8, 4) is 5.75 Å². The summed E-state index contributed by atoms with van der Waals surface area (Å²) in [4.78, 5) is 43.2. The van der Waals surface area contributed by atoms with Crippen LogP contribution in [0.2, 0.25) is 0 Å². The number of ether oxygens (including phenoxy) is 5. The zero-order valence-corrected chi connectivity index (χ0v) is 28.3. The van der Waals surface area contributed by atoms with E-state index in [0.29, 0.717) is 25.3 Å². The summed E-state index contributed by atoms with van der Waals surface area (Å²) in [5.41, 5.74) is -0.682. The Balaban J connectivity index is 2.30. The maximum Gasteiger partial charge on any atom is 0.509 e. The van der Waals surface area contributed by atoms with Gasteiger partial charge < -0.3 is 33.9 Å². The average Bonchev–Trinajstić information content (AvgIpc) is 3.24. The first kappa shape index (κ1) is 37.0. The molecule has 1 aromatic rings. The number of nitrogens with one attached hydrogen (secondary N) is 1. The summed E-state index contributed by atoms with van der Waals surface area (Å²) in [6, 6.07) is 6.73. The quantitative estimate of drug-likeness (QED) is 0.192. The highest BCUT2D eigenvalue weighted by Crippen LogP contribution is 2.30. The molecule has 0 aliphatic carbocycles. The molecule has 11 nitrogen and oxygen atoms in total. The molecule has 1 fully saturated rings. The van der Waals surface area contributed by atoms with Crippen LogP contribution in [0.4, 0.5) is 14.4 Å². The highest BCUT2D eigenvalue weighted by atomic mass is 16.7. The fourth-order valence-electron chi connectivity index (χ4n) is 4.85. The lowest BCUT2D eigenvalue weighted by Gasteiger charge is -2.30. The van der Waals surface area contributed by atoms with Gasteiger partial charge in [0.1, 0.15) is 17.0 Å². The van der Waals surface area contributed by atoms with Gasteiger partial charge in [-0.1, -0.05) is 38.8 Å². The molecule has 0 radical (unpaired) electrons. The van der Waals surface area contributed by atoms with Gasteiger partial charge in [-0.2, -0.15) is 0 Å². The van der Waals surface area contributed by atoms with Crippen molar-refractivity contribution in [2.45, 2.75) is 117 Å². The van der Waals surface area contributed by atoms with Crippen LogP contribution >= 0.6 is 0 Å². The molecule has 0 bridgehead atoms. The molecule has 250 valence electrons. The molecule has 0 spiro atoms. The molecule has 1 heterocycles. The zero-order valence-electron chi connectivity index (χ0n) is 28.3. The number of carbonyl (C=O) groups is 3. The summed E-state index contributed by atoms with van der Waals surface area (Å²) < 4.78 is 28.1. The van der Waals surface area contributed by atoms with Crippen LogP contribution in [-0.2, 0) is 25.4 Å². The molecular formula is C33H55N3O8. The van der Waals surface area contributed by atoms with E-state index in [0.717, 1.165) is 44.3 Å². The first-order chi connectivity index (χ1) is 20.7. The van der Waals surface area contributed by atoms with Crippen LogP contribution in [-0.4, -0.2) is 97.4 Å². The van der Waals surface area contributed by atoms with Crippen LogP contribution in [0.3, 0.4) is 0 Å². The van der Waals surface area contributed by atoms with E-state index in [-0.39, 0.29) is 6.54 Å². The van der Waals surface area contributed by atoms with Crippen LogP contribution < -0.4 is 10.1 Å². The number of carbonyl (C=O) groups excluding carboxylic acids is 3. The maximum atomic E-state index is 13.4. The van der Waals surface area contributed by atoms with Crippen molar-refractivity contribution in [1.29, 1.82) is 0 Å². The smallest absolute Gasteiger partial charge is 0.497 e. The second-order valence-electron chi connectivity index (χ2n) is 13.2. The van der Waals surface area contributed by atoms with Crippen molar-refractivity contribution < 1.29 is 38.1 Å². The van der Waals surface area contributed by atoms with Gasteiger partial charge >= 0.3 is 18.3 Å². The largest absolute Gasteiger partial charge is 0.509 e. The van der Waals surface area contributed by atoms with E-state index in [4.69, 9.17) is 23.7 Å². The summed E-state index contributed by atoms with van der Waals surface area (Å²) in [6.45, 7) is 17.8. The summed E-state index contributed by atoms with van der Waals surface area (Å²) in [7, 11) is 1.59. The van der Waals surface area contributed by atoms with Crippen molar-refractivity contribution in [3.05, 3.63) is 29.8 Å². The summed E-state index contributed by atoms with van der Waals surface area (Å²) in [5, 5.41) is 2.86. The van der Waals surface area contributed by atoms with Crippen molar-refractivity contribution in [2.24, 2.45) is 0 Å². The van der Waals surface area contributed by atoms with Crippen molar-refractivity contribution in [1.82, 2.24) is 15.1 Å². The van der Waals surface area contributed by atoms with E-state index in [2.05, 4.69) is 24.1 Å². The van der Waals surface area contributed by atoms with Gasteiger partial charge in [-0.15, -0.1) is 0 Å². The molecule has 1 aliphatic heterocycles. The molecule has 0 aromatic heterocycles. The van der Waals surface area contributed by atoms with E-state index in [1.54, 1.807) is 48.7 Å². The maximum absolute atomic E-state index is 13.4. The lowest BCUT2D eigenvalue weighted by Crippen LogP contribution is -2.47. The van der Waals surface area contributed by atoms with Gasteiger partial charge in [-0.25, -0.2) is 14.4 Å². The van der Waals surface area contributed by atoms with Crippen molar-refractivity contribution in [3.63, 3.8) is 0 Å². The minimum atomic E-state index is -0.978. The minimum absolute atomic E-state index is 0.0330. The predicted molar refractivity (Wildman–Crippen MR) is 169 cm³/mol. The standard InChI is InChI=1S/C33H55N3O8/c1-10-12-19-35(20-13-11-2)21-18-34-29(37)42-28-26(22-24-14-16-25(40-9)17-15-24)36(30(38)43-32(3,4)5)23-27(28)41-31(39)44-33(6,7)8/h14-17,26-28H,10-13,18-23H2,1-9H3,(H,34,37)/t26-,27+,28+/m1/s1. The van der Waals surface area contributed by atoms with Gasteiger partial charge in [-0.3, -0.25) is 4.90 Å². The molecule has 0 unspecified atom stereocenters. The van der Waals surface area contributed by atoms with Crippen LogP contribution in [0.1, 0.15) is 86.6 Å². The Hall–Kier alpha value is -3.21. The number of nitrogens with zero attached hydrogens (tertiary/aromatic N) is 2. The van der Waals surface area contributed by atoms with Crippen LogP contribution in [0.25, 0.3) is 0 Å². The van der Waals surface area contributed by atoms with Gasteiger partial charge in [0.2, 0.25) is 0 Å². The van der Waals surface area contributed by atoms with Gasteiger partial charge in [0, 0.05) is 13.1 Å². The third-order valence-electron chi connectivity index (χ3n) is 6.99. The number of hydrogen-bond donors (Lipinski definition) is 1. The summed E-state index contributed by atoms with van der Waals surface area (Å²) in [6.07, 6.45) is 0.592. The third kappa shape index (κ3) is 13.2. The Bertz CT molecular complexity index is 1030. The number of likely N-dealkylation sites (tertiary alicyclic amines) is 1. The molecular weight excluding hydrogens is 566 g/mol. The number of rotatable bonds is 14. The molecule has 3 atom stereocenters. The first-order valence-electron chi connectivity index (χ1n) is 15.8. The number of alkyl carbamates (subject to hydrolysis) is 1. The molecule has 11 heteroatoms. The summed E-state index contributed by atoms with van der Waals surface area (Å²) in [5.74, 6) is 0.689. The highest BCUT2D eigenvalue weighted by molar-refractivity contribution is 5.71. The fraction of sp³-hybridized carbons (Fsp3) is 0.727. The number of amides is 2. The predicted octanol–water partition coefficient (Wildman–Crippen LogP) is 6.17. The lowest BCUT2D eigenvalue weighted by atomic mass is 10.0. The van der Waals surface area contributed by atoms with E-state index >= 15 is 0 Å². The molecule has 1 aromatic carbocycles. The van der Waals surface area contributed by atoms with Crippen LogP contribution in [0.15, 0.2) is 24.3 Å². The monoisotopic (exact) mass is 621 g/mol. The van der Waals surface area contributed by atoms with Crippen LogP contribution in [0, 0.1) is 0 Å². The molecule has 1 saturated heterocycles. The second-order valence-corrected chi connectivity index (χ2v) is 13.2. The van der Waals surface area contributed by atoms with E-state index in [9.17, 15) is 14.4 Å². The van der Waals surface area contributed by atoms with Gasteiger partial charge in [-0.05, 0) is 91.6 Å². The third-order valence-corrected chi connectivity index (χ3v) is 6.99. The normalized spacial score (nSPS) is 18.6. The Morgan fingerprint density at radius 3 is 2.00 bits per heavy atom. The number of benzene rings is 1. The first-order valence-corrected chi connectivity index (χ1v) is 15.8.